The lowest BCUT2D eigenvalue weighted by molar-refractivity contribution is 0.0263. The Bertz CT molecular complexity index is 437. The zero-order chi connectivity index (χ0) is 18.9. The lowest BCUT2D eigenvalue weighted by Crippen LogP contribution is -2.45. The highest BCUT2D eigenvalue weighted by atomic mass is 127. The first-order valence-corrected chi connectivity index (χ1v) is 9.24. The molecule has 154 valence electrons. The van der Waals surface area contributed by atoms with E-state index in [2.05, 4.69) is 10.3 Å². The Morgan fingerprint density at radius 1 is 1.27 bits per heavy atom. The van der Waals surface area contributed by atoms with Crippen LogP contribution in [-0.2, 0) is 9.47 Å². The van der Waals surface area contributed by atoms with Crippen LogP contribution in [-0.4, -0.2) is 80.9 Å². The molecule has 1 saturated carbocycles. The molecule has 1 fully saturated rings. The van der Waals surface area contributed by atoms with Gasteiger partial charge in [0.2, 0.25) is 0 Å². The highest BCUT2D eigenvalue weighted by Crippen LogP contribution is 2.28. The lowest BCUT2D eigenvalue weighted by Gasteiger charge is -2.27. The van der Waals surface area contributed by atoms with E-state index in [9.17, 15) is 4.79 Å². The molecule has 1 N–H and O–H groups in total. The van der Waals surface area contributed by atoms with Crippen LogP contribution in [0.3, 0.4) is 0 Å². The molecular weight excluding hydrogens is 447 g/mol. The fraction of sp³-hybridized carbons (Fsp3) is 0.889. The first-order chi connectivity index (χ1) is 11.8. The number of carbonyl (C=O) groups is 1. The molecule has 1 rings (SSSR count). The van der Waals surface area contributed by atoms with Crippen LogP contribution < -0.4 is 5.32 Å². The number of hydrogen-bond donors (Lipinski definition) is 1. The van der Waals surface area contributed by atoms with Crippen molar-refractivity contribution in [3.63, 3.8) is 0 Å². The first-order valence-electron chi connectivity index (χ1n) is 9.24. The number of nitrogens with one attached hydrogen (secondary N) is 1. The van der Waals surface area contributed by atoms with E-state index in [-0.39, 0.29) is 30.1 Å². The monoisotopic (exact) mass is 484 g/mol. The number of nitrogens with zero attached hydrogens (tertiary/aromatic N) is 3. The van der Waals surface area contributed by atoms with Gasteiger partial charge in [-0.2, -0.15) is 0 Å². The van der Waals surface area contributed by atoms with Gasteiger partial charge in [-0.25, -0.2) is 4.79 Å². The van der Waals surface area contributed by atoms with Crippen LogP contribution in [0.15, 0.2) is 4.99 Å². The molecular formula is C18H37IN4O3. The molecule has 1 amide bonds. The minimum atomic E-state index is -0.478. The van der Waals surface area contributed by atoms with E-state index in [1.54, 1.807) is 11.9 Å². The van der Waals surface area contributed by atoms with Crippen molar-refractivity contribution in [1.29, 1.82) is 0 Å². The molecule has 7 nitrogen and oxygen atoms in total. The normalized spacial score (nSPS) is 14.5. The summed E-state index contributed by atoms with van der Waals surface area (Å²) in [5.41, 5.74) is -0.478. The largest absolute Gasteiger partial charge is 0.444 e. The minimum Gasteiger partial charge on any atom is -0.444 e. The molecule has 0 aromatic heterocycles. The molecule has 0 atom stereocenters. The third-order valence-electron chi connectivity index (χ3n) is 3.89. The topological polar surface area (TPSA) is 66.4 Å². The van der Waals surface area contributed by atoms with E-state index < -0.39 is 5.60 Å². The summed E-state index contributed by atoms with van der Waals surface area (Å²) in [6, 6.07) is 0. The average molecular weight is 484 g/mol. The van der Waals surface area contributed by atoms with Crippen molar-refractivity contribution in [3.8, 4) is 0 Å². The zero-order valence-corrected chi connectivity index (χ0v) is 19.5. The van der Waals surface area contributed by atoms with Crippen LogP contribution in [0.5, 0.6) is 0 Å². The molecule has 0 spiro atoms. The Kier molecular flexibility index (Phi) is 12.2. The van der Waals surface area contributed by atoms with E-state index in [4.69, 9.17) is 9.47 Å². The van der Waals surface area contributed by atoms with Crippen LogP contribution in [0.2, 0.25) is 0 Å². The van der Waals surface area contributed by atoms with Crippen LogP contribution in [0.4, 0.5) is 4.79 Å². The van der Waals surface area contributed by atoms with Crippen LogP contribution in [0, 0.1) is 5.92 Å². The van der Waals surface area contributed by atoms with Gasteiger partial charge in [0.05, 0.1) is 6.61 Å². The Hall–Kier alpha value is -0.770. The number of rotatable bonds is 9. The van der Waals surface area contributed by atoms with Gasteiger partial charge in [0.15, 0.2) is 5.96 Å². The highest BCUT2D eigenvalue weighted by Gasteiger charge is 2.22. The number of likely N-dealkylation sites (N-methyl/N-ethyl adjacent to an activating group) is 2. The molecule has 0 heterocycles. The predicted octanol–water partition coefficient (Wildman–Crippen LogP) is 2.80. The standard InChI is InChI=1S/C18H36N4O3.HI/c1-7-22(17(23)25-18(2,3)4)11-10-20-16(19-5)21(6)12-13-24-14-15-8-9-15;/h15H,7-14H2,1-6H3,(H,19,20);1H. The van der Waals surface area contributed by atoms with E-state index >= 15 is 0 Å². The van der Waals surface area contributed by atoms with Crippen LogP contribution in [0.1, 0.15) is 40.5 Å². The summed E-state index contributed by atoms with van der Waals surface area (Å²) in [5, 5.41) is 3.28. The maximum absolute atomic E-state index is 12.1. The summed E-state index contributed by atoms with van der Waals surface area (Å²) < 4.78 is 11.1. The third-order valence-corrected chi connectivity index (χ3v) is 3.89. The summed E-state index contributed by atoms with van der Waals surface area (Å²) in [7, 11) is 3.75. The molecule has 26 heavy (non-hydrogen) atoms. The van der Waals surface area contributed by atoms with Crippen molar-refractivity contribution < 1.29 is 14.3 Å². The molecule has 0 aromatic rings. The number of hydrogen-bond acceptors (Lipinski definition) is 4. The SMILES string of the molecule is CCN(CCNC(=NC)N(C)CCOCC1CC1)C(=O)OC(C)(C)C.I. The molecule has 0 bridgehead atoms. The van der Waals surface area contributed by atoms with Crippen molar-refractivity contribution >= 4 is 36.0 Å². The second-order valence-corrected chi connectivity index (χ2v) is 7.47. The van der Waals surface area contributed by atoms with E-state index in [1.165, 1.54) is 12.8 Å². The molecule has 1 aliphatic rings. The fourth-order valence-electron chi connectivity index (χ4n) is 2.23. The van der Waals surface area contributed by atoms with Gasteiger partial charge in [-0.15, -0.1) is 24.0 Å². The van der Waals surface area contributed by atoms with Crippen LogP contribution in [0.25, 0.3) is 0 Å². The van der Waals surface area contributed by atoms with Gasteiger partial charge >= 0.3 is 6.09 Å². The Morgan fingerprint density at radius 2 is 1.92 bits per heavy atom. The number of halogens is 1. The quantitative estimate of drug-likeness (QED) is 0.236. The van der Waals surface area contributed by atoms with Crippen molar-refractivity contribution in [2.75, 3.05) is 53.5 Å². The second kappa shape index (κ2) is 12.6. The number of ether oxygens (including phenoxy) is 2. The maximum Gasteiger partial charge on any atom is 0.410 e. The van der Waals surface area contributed by atoms with Crippen molar-refractivity contribution in [1.82, 2.24) is 15.1 Å². The maximum atomic E-state index is 12.1. The summed E-state index contributed by atoms with van der Waals surface area (Å²) in [4.78, 5) is 20.1. The van der Waals surface area contributed by atoms with Gasteiger partial charge in [-0.3, -0.25) is 4.99 Å². The Balaban J connectivity index is 0.00000625. The predicted molar refractivity (Wildman–Crippen MR) is 116 cm³/mol. The summed E-state index contributed by atoms with van der Waals surface area (Å²) in [6.07, 6.45) is 2.34. The molecule has 0 saturated heterocycles. The minimum absolute atomic E-state index is 0. The van der Waals surface area contributed by atoms with E-state index in [1.807, 2.05) is 39.6 Å². The molecule has 0 aromatic carbocycles. The van der Waals surface area contributed by atoms with Gasteiger partial charge in [0, 0.05) is 46.9 Å². The third kappa shape index (κ3) is 11.1. The molecule has 8 heteroatoms. The molecule has 1 aliphatic carbocycles. The Labute approximate surface area is 175 Å². The average Bonchev–Trinajstić information content (AvgIpc) is 3.34. The molecule has 0 unspecified atom stereocenters. The van der Waals surface area contributed by atoms with Gasteiger partial charge in [0.1, 0.15) is 5.60 Å². The van der Waals surface area contributed by atoms with Crippen LogP contribution >= 0.6 is 24.0 Å². The summed E-state index contributed by atoms with van der Waals surface area (Å²) >= 11 is 0. The number of amides is 1. The summed E-state index contributed by atoms with van der Waals surface area (Å²) in [5.74, 6) is 1.59. The van der Waals surface area contributed by atoms with Gasteiger partial charge in [0.25, 0.3) is 0 Å². The summed E-state index contributed by atoms with van der Waals surface area (Å²) in [6.45, 7) is 11.7. The molecule has 0 aliphatic heterocycles. The van der Waals surface area contributed by atoms with Crippen molar-refractivity contribution in [2.24, 2.45) is 10.9 Å². The van der Waals surface area contributed by atoms with Gasteiger partial charge < -0.3 is 24.6 Å². The first kappa shape index (κ1) is 25.2. The van der Waals surface area contributed by atoms with Gasteiger partial charge in [-0.05, 0) is 46.5 Å². The second-order valence-electron chi connectivity index (χ2n) is 7.47. The van der Waals surface area contributed by atoms with E-state index in [0.29, 0.717) is 26.2 Å². The number of guanidine groups is 1. The number of aliphatic imine (C=N–C) groups is 1. The van der Waals surface area contributed by atoms with Gasteiger partial charge in [-0.1, -0.05) is 0 Å². The molecule has 0 radical (unpaired) electrons. The fourth-order valence-corrected chi connectivity index (χ4v) is 2.23. The van der Waals surface area contributed by atoms with Crippen molar-refractivity contribution in [2.45, 2.75) is 46.1 Å². The highest BCUT2D eigenvalue weighted by molar-refractivity contribution is 14.0. The zero-order valence-electron chi connectivity index (χ0n) is 17.2. The van der Waals surface area contributed by atoms with Crippen molar-refractivity contribution in [3.05, 3.63) is 0 Å². The lowest BCUT2D eigenvalue weighted by atomic mass is 10.2. The smallest absolute Gasteiger partial charge is 0.410 e. The Morgan fingerprint density at radius 3 is 2.42 bits per heavy atom. The van der Waals surface area contributed by atoms with E-state index in [0.717, 1.165) is 25.0 Å². The number of carbonyl (C=O) groups excluding carboxylic acids is 1.